The van der Waals surface area contributed by atoms with E-state index in [2.05, 4.69) is 29.8 Å². The summed E-state index contributed by atoms with van der Waals surface area (Å²) in [5, 5.41) is 13.9. The zero-order valence-electron chi connectivity index (χ0n) is 53.6. The molecule has 28 heteroatoms. The van der Waals surface area contributed by atoms with E-state index < -0.39 is 93.4 Å². The van der Waals surface area contributed by atoms with Gasteiger partial charge in [0.2, 0.25) is 10.0 Å². The van der Waals surface area contributed by atoms with Crippen LogP contribution in [0.3, 0.4) is 0 Å². The van der Waals surface area contributed by atoms with E-state index in [0.717, 1.165) is 57.7 Å². The molecule has 16 nitrogen and oxygen atoms in total. The zero-order chi connectivity index (χ0) is 66.2. The molecule has 478 valence electrons. The quantitative estimate of drug-likeness (QED) is 0.0702. The van der Waals surface area contributed by atoms with Gasteiger partial charge in [-0.2, -0.15) is 18.6 Å². The maximum absolute atomic E-state index is 14.6. The van der Waals surface area contributed by atoms with Crippen molar-refractivity contribution in [2.24, 2.45) is 11.0 Å². The molecule has 0 aliphatic rings. The molecule has 0 saturated heterocycles. The number of hydrogen-bond donors (Lipinski definition) is 3. The molecular formula is C56H88F5N2NaO14S5Si-2. The second kappa shape index (κ2) is 32.4. The Labute approximate surface area is 523 Å². The zero-order valence-corrected chi connectivity index (χ0v) is 60.6. The summed E-state index contributed by atoms with van der Waals surface area (Å²) in [6.45, 7) is 45.0. The maximum Gasteiger partial charge on any atom is 1.00 e. The van der Waals surface area contributed by atoms with Crippen LogP contribution in [0.25, 0.3) is 0 Å². The Morgan fingerprint density at radius 2 is 0.810 bits per heavy atom. The van der Waals surface area contributed by atoms with Crippen molar-refractivity contribution in [3.8, 4) is 0 Å². The first-order valence-electron chi connectivity index (χ1n) is 25.3. The molecule has 5 N–H and O–H groups in total. The van der Waals surface area contributed by atoms with Crippen molar-refractivity contribution in [1.82, 2.24) is 0 Å². The van der Waals surface area contributed by atoms with Crippen LogP contribution in [0.5, 0.6) is 0 Å². The Hall–Kier alpha value is -3.03. The van der Waals surface area contributed by atoms with Gasteiger partial charge in [-0.05, 0) is 192 Å². The van der Waals surface area contributed by atoms with Crippen molar-refractivity contribution in [3.05, 3.63) is 114 Å². The van der Waals surface area contributed by atoms with Crippen molar-refractivity contribution in [1.29, 1.82) is 0 Å². The van der Waals surface area contributed by atoms with Gasteiger partial charge in [-0.25, -0.2) is 48.0 Å². The van der Waals surface area contributed by atoms with Crippen molar-refractivity contribution >= 4 is 65.2 Å². The third-order valence-corrected chi connectivity index (χ3v) is 20.2. The van der Waals surface area contributed by atoms with Crippen LogP contribution < -0.4 is 50.4 Å². The minimum atomic E-state index is -4.38. The van der Waals surface area contributed by atoms with E-state index in [0.29, 0.717) is 28.3 Å². The Morgan fingerprint density at radius 1 is 0.571 bits per heavy atom. The third kappa shape index (κ3) is 27.2. The molecule has 4 aromatic rings. The van der Waals surface area contributed by atoms with Crippen LogP contribution in [-0.4, -0.2) is 73.0 Å². The van der Waals surface area contributed by atoms with E-state index in [1.165, 1.54) is 24.3 Å². The summed E-state index contributed by atoms with van der Waals surface area (Å²) in [4.78, 5) is 7.99. The number of benzene rings is 4. The molecule has 0 spiro atoms. The van der Waals surface area contributed by atoms with Gasteiger partial charge < -0.3 is 19.2 Å². The van der Waals surface area contributed by atoms with Crippen LogP contribution in [0.2, 0.25) is 25.7 Å². The maximum atomic E-state index is 14.6. The summed E-state index contributed by atoms with van der Waals surface area (Å²) in [7, 11) is -17.0. The van der Waals surface area contributed by atoms with Gasteiger partial charge in [0, 0.05) is 20.3 Å². The van der Waals surface area contributed by atoms with Crippen LogP contribution in [0.1, 0.15) is 157 Å². The van der Waals surface area contributed by atoms with Crippen molar-refractivity contribution in [2.75, 3.05) is 12.0 Å². The van der Waals surface area contributed by atoms with Crippen LogP contribution in [0.15, 0.2) is 43.8 Å². The molecule has 1 unspecified atom stereocenters. The van der Waals surface area contributed by atoms with Gasteiger partial charge in [0.05, 0.1) is 10.6 Å². The van der Waals surface area contributed by atoms with Gasteiger partial charge in [-0.3, -0.25) is 8.76 Å². The summed E-state index contributed by atoms with van der Waals surface area (Å²) in [6, 6.07) is 5.99. The van der Waals surface area contributed by atoms with Crippen molar-refractivity contribution < 1.29 is 113 Å². The van der Waals surface area contributed by atoms with Gasteiger partial charge >= 0.3 is 40.0 Å². The number of rotatable bonds is 8. The molecule has 84 heavy (non-hydrogen) atoms. The monoisotopic (exact) mass is 1320 g/mol. The van der Waals surface area contributed by atoms with E-state index in [1.54, 1.807) is 34.6 Å². The van der Waals surface area contributed by atoms with Crippen molar-refractivity contribution in [2.45, 2.75) is 212 Å². The predicted octanol–water partition coefficient (Wildman–Crippen LogP) is 4.80. The number of primary sulfonamides is 1. The number of hydrogen-bond acceptors (Lipinski definition) is 14. The topological polar surface area (TPSA) is 298 Å². The van der Waals surface area contributed by atoms with Crippen LogP contribution >= 0.6 is 0 Å². The minimum absolute atomic E-state index is 0. The number of nitrogens with two attached hydrogens (primary N) is 2. The number of carboxylic acid groups (broad SMARTS) is 1. The van der Waals surface area contributed by atoms with Crippen LogP contribution in [-0.2, 0) is 81.9 Å². The summed E-state index contributed by atoms with van der Waals surface area (Å²) in [5.74, 6) is 0.218. The van der Waals surface area contributed by atoms with Gasteiger partial charge in [0.25, 0.3) is 0 Å². The third-order valence-electron chi connectivity index (χ3n) is 12.8. The number of carbonyl (C=O) groups excluding carboxylic acids is 1. The predicted molar refractivity (Wildman–Crippen MR) is 318 cm³/mol. The molecule has 0 radical (unpaired) electrons. The molecule has 0 fully saturated rings. The number of halogens is 5. The Kier molecular flexibility index (Phi) is 33.8. The molecule has 0 saturated carbocycles. The van der Waals surface area contributed by atoms with Gasteiger partial charge in [0.15, 0.2) is 19.7 Å². The smallest absolute Gasteiger partial charge is 1.00 e. The average Bonchev–Trinajstić information content (AvgIpc) is 3.23. The van der Waals surface area contributed by atoms with Gasteiger partial charge in [-0.15, -0.1) is 0 Å². The second-order valence-electron chi connectivity index (χ2n) is 25.1. The first kappa shape index (κ1) is 87.4. The molecule has 0 bridgehead atoms. The average molecular weight is 1320 g/mol. The van der Waals surface area contributed by atoms with E-state index in [1.807, 2.05) is 104 Å². The standard InChI is InChI=1S/C17H29FO2SSi.C13H19FO2S.C12H18FNO2S.C12H17FO2S.C2H4O2.FH.H3NO4S.Na/c1-12-13(2)16(15(18)11-14(12)17(3,4)5)21(19,20)9-10-22(6,7)8;1-8-9(2)12(17(6,15)16)11(14)7-10(8)13(3,4)5;1-7-8(2)11(17(14,15)16)10(13)6-9(7)12(3,4)5;1-7-8(2)11(16(14)15)10(13)6-9(7)12(3,4)5;1-2(3)4;;1-5-6(2,3)4;/h11H,9-10H2,1-8H3;7H,1-6H3;6H,1-5H3,(H2,14,15,16);6H,1-5H3,(H,14,15);1H3,(H,3,4);1H;1H2,(H,2,3,4);/q;;;;;;;+1/p-3. The van der Waals surface area contributed by atoms with E-state index in [4.69, 9.17) is 19.6 Å². The SMILES string of the molecule is CC(=O)[O-].Cc1c(C(C)(C)C)cc(F)c(S(=O)(=O)CC[Si](C)(C)C)c1C.Cc1c(C(C)(C)C)cc(F)c(S(=O)[O-])c1C.Cc1c(C(C)(C)C)cc(F)c(S(C)(=O)=O)c1C.Cc1c(C(C)(C)C)cc(F)c(S(N)(=O)=O)c1C.NOS(=O)(=O)O.[F-].[Na+]. The fourth-order valence-corrected chi connectivity index (χ4v) is 15.8. The molecule has 0 amide bonds. The molecule has 0 aliphatic carbocycles. The number of carbonyl (C=O) groups is 1. The van der Waals surface area contributed by atoms with Crippen LogP contribution in [0.4, 0.5) is 17.6 Å². The molecule has 1 atom stereocenters. The fraction of sp³-hybridized carbons (Fsp3) is 0.554. The summed E-state index contributed by atoms with van der Waals surface area (Å²) in [5.41, 5.74) is 7.78. The van der Waals surface area contributed by atoms with E-state index in [9.17, 15) is 60.0 Å². The summed E-state index contributed by atoms with van der Waals surface area (Å²) in [6.07, 6.45) is 1.04. The molecule has 0 aromatic heterocycles. The summed E-state index contributed by atoms with van der Waals surface area (Å²) < 4.78 is 178. The van der Waals surface area contributed by atoms with Crippen LogP contribution in [0, 0.1) is 78.7 Å². The second-order valence-corrected chi connectivity index (χ2v) is 38.2. The number of sulfonamides is 1. The first-order chi connectivity index (χ1) is 36.0. The van der Waals surface area contributed by atoms with Gasteiger partial charge in [-0.1, -0.05) is 103 Å². The largest absolute Gasteiger partial charge is 1.00 e. The number of aliphatic carboxylic acids is 1. The fourth-order valence-electron chi connectivity index (χ4n) is 8.46. The first-order valence-corrected chi connectivity index (χ1v) is 36.6. The molecule has 4 rings (SSSR count). The molecular weight excluding hydrogens is 1230 g/mol. The van der Waals surface area contributed by atoms with Gasteiger partial charge in [0.1, 0.15) is 38.0 Å². The normalized spacial score (nSPS) is 12.5. The Morgan fingerprint density at radius 3 is 1.05 bits per heavy atom. The van der Waals surface area contributed by atoms with E-state index in [-0.39, 0.29) is 76.4 Å². The number of carboxylic acids is 1. The Balaban J connectivity index is -0.000000480. The summed E-state index contributed by atoms with van der Waals surface area (Å²) >= 11 is -2.52. The Bertz CT molecular complexity index is 3350. The molecule has 4 aromatic carbocycles. The minimum Gasteiger partial charge on any atom is -1.00 e. The number of sulfone groups is 2. The molecule has 0 aliphatic heterocycles. The molecule has 0 heterocycles. The van der Waals surface area contributed by atoms with Crippen molar-refractivity contribution in [3.63, 3.8) is 0 Å². The van der Waals surface area contributed by atoms with E-state index >= 15 is 0 Å².